The Morgan fingerprint density at radius 2 is 2.20 bits per heavy atom. The smallest absolute Gasteiger partial charge is 0.143 e. The second-order valence-electron chi connectivity index (χ2n) is 6.72. The molecule has 0 spiro atoms. The van der Waals surface area contributed by atoms with Crippen LogP contribution in [0, 0.1) is 19.8 Å². The van der Waals surface area contributed by atoms with Crippen molar-refractivity contribution in [3.63, 3.8) is 0 Å². The minimum absolute atomic E-state index is 0.613. The molecule has 1 aliphatic heterocycles. The highest BCUT2D eigenvalue weighted by Crippen LogP contribution is 2.26. The Morgan fingerprint density at radius 1 is 1.28 bits per heavy atom. The number of nitrogens with zero attached hydrogens (tertiary/aromatic N) is 5. The van der Waals surface area contributed by atoms with E-state index in [0.29, 0.717) is 5.92 Å². The summed E-state index contributed by atoms with van der Waals surface area (Å²) in [6, 6.07) is 2.07. The number of hydrogen-bond acceptors (Lipinski definition) is 6. The Kier molecular flexibility index (Phi) is 4.31. The lowest BCUT2D eigenvalue weighted by Crippen LogP contribution is -2.21. The van der Waals surface area contributed by atoms with Crippen LogP contribution in [-0.2, 0) is 13.0 Å². The van der Waals surface area contributed by atoms with Crippen LogP contribution in [0.5, 0.6) is 0 Å². The average molecular weight is 338 g/mol. The maximum atomic E-state index is 5.26. The minimum Gasteiger partial charge on any atom is -0.361 e. The molecule has 7 nitrogen and oxygen atoms in total. The first-order valence-electron chi connectivity index (χ1n) is 8.64. The summed E-state index contributed by atoms with van der Waals surface area (Å²) in [5, 5.41) is 4.02. The largest absolute Gasteiger partial charge is 0.361 e. The maximum Gasteiger partial charge on any atom is 0.143 e. The van der Waals surface area contributed by atoms with Gasteiger partial charge in [0.15, 0.2) is 0 Å². The molecule has 0 aromatic carbocycles. The summed E-state index contributed by atoms with van der Waals surface area (Å²) in [4.78, 5) is 18.8. The predicted octanol–water partition coefficient (Wildman–Crippen LogP) is 2.54. The van der Waals surface area contributed by atoms with Crippen LogP contribution in [-0.4, -0.2) is 43.1 Å². The molecule has 1 saturated heterocycles. The summed E-state index contributed by atoms with van der Waals surface area (Å²) >= 11 is 0. The van der Waals surface area contributed by atoms with Gasteiger partial charge in [-0.05, 0) is 45.2 Å². The van der Waals surface area contributed by atoms with Crippen molar-refractivity contribution in [2.24, 2.45) is 5.92 Å². The number of nitrogens with one attached hydrogen (secondary N) is 1. The van der Waals surface area contributed by atoms with Gasteiger partial charge in [-0.3, -0.25) is 4.90 Å². The number of H-pyrrole nitrogens is 1. The maximum absolute atomic E-state index is 5.26. The van der Waals surface area contributed by atoms with Crippen molar-refractivity contribution < 1.29 is 4.52 Å². The fraction of sp³-hybridized carbons (Fsp3) is 0.444. The van der Waals surface area contributed by atoms with E-state index in [2.05, 4.69) is 36.1 Å². The first-order valence-corrected chi connectivity index (χ1v) is 8.64. The summed E-state index contributed by atoms with van der Waals surface area (Å²) in [7, 11) is 0. The Bertz CT molecular complexity index is 822. The highest BCUT2D eigenvalue weighted by Gasteiger charge is 2.24. The molecule has 0 amide bonds. The molecule has 3 aromatic rings. The van der Waals surface area contributed by atoms with Gasteiger partial charge in [-0.25, -0.2) is 15.0 Å². The molecular weight excluding hydrogens is 316 g/mol. The molecule has 0 radical (unpaired) electrons. The zero-order valence-electron chi connectivity index (χ0n) is 14.6. The molecule has 1 aliphatic rings. The predicted molar refractivity (Wildman–Crippen MR) is 92.7 cm³/mol. The lowest BCUT2D eigenvalue weighted by molar-refractivity contribution is 0.309. The number of aryl methyl sites for hydroxylation is 2. The van der Waals surface area contributed by atoms with Gasteiger partial charge in [0.25, 0.3) is 0 Å². The lowest BCUT2D eigenvalue weighted by atomic mass is 10.0. The van der Waals surface area contributed by atoms with Crippen LogP contribution in [0.15, 0.2) is 29.3 Å². The fourth-order valence-electron chi connectivity index (χ4n) is 3.61. The topological polar surface area (TPSA) is 83.7 Å². The third-order valence-electron chi connectivity index (χ3n) is 4.81. The second-order valence-corrected chi connectivity index (χ2v) is 6.72. The Balaban J connectivity index is 1.43. The first kappa shape index (κ1) is 16.0. The molecule has 130 valence electrons. The van der Waals surface area contributed by atoms with Gasteiger partial charge in [0.1, 0.15) is 17.9 Å². The molecule has 7 heteroatoms. The highest BCUT2D eigenvalue weighted by atomic mass is 16.5. The van der Waals surface area contributed by atoms with Gasteiger partial charge >= 0.3 is 0 Å². The number of aromatic amines is 1. The number of hydrogen-bond donors (Lipinski definition) is 1. The van der Waals surface area contributed by atoms with Crippen molar-refractivity contribution >= 4 is 0 Å². The zero-order chi connectivity index (χ0) is 17.2. The molecule has 25 heavy (non-hydrogen) atoms. The fourth-order valence-corrected chi connectivity index (χ4v) is 3.61. The van der Waals surface area contributed by atoms with Crippen LogP contribution < -0.4 is 0 Å². The average Bonchev–Trinajstić information content (AvgIpc) is 3.32. The minimum atomic E-state index is 0.613. The zero-order valence-corrected chi connectivity index (χ0v) is 14.6. The van der Waals surface area contributed by atoms with Crippen LogP contribution in [0.25, 0.3) is 11.3 Å². The van der Waals surface area contributed by atoms with Crippen LogP contribution in [0.3, 0.4) is 0 Å². The third kappa shape index (κ3) is 3.46. The Labute approximate surface area is 146 Å². The highest BCUT2D eigenvalue weighted by molar-refractivity contribution is 5.63. The van der Waals surface area contributed by atoms with Crippen molar-refractivity contribution in [3.05, 3.63) is 47.8 Å². The summed E-state index contributed by atoms with van der Waals surface area (Å²) in [5.41, 5.74) is 3.82. The molecule has 0 saturated carbocycles. The number of likely N-dealkylation sites (tertiary alicyclic amines) is 1. The van der Waals surface area contributed by atoms with Crippen LogP contribution >= 0.6 is 0 Å². The summed E-state index contributed by atoms with van der Waals surface area (Å²) in [5.74, 6) is 2.44. The van der Waals surface area contributed by atoms with E-state index in [1.165, 1.54) is 6.42 Å². The standard InChI is InChI=1S/C18H22N6O/c1-12-18(13(2)25-23-12)16-8-15(21-11-22-16)7-14-3-6-24(9-14)10-17-19-4-5-20-17/h4-5,8,11,14H,3,6-7,9-10H2,1-2H3,(H,19,20)/t14-/m0/s1. The van der Waals surface area contributed by atoms with Gasteiger partial charge in [-0.15, -0.1) is 0 Å². The van der Waals surface area contributed by atoms with E-state index in [1.54, 1.807) is 12.5 Å². The molecule has 4 heterocycles. The van der Waals surface area contributed by atoms with Crippen LogP contribution in [0.1, 0.15) is 29.4 Å². The number of aromatic nitrogens is 5. The molecule has 1 fully saturated rings. The van der Waals surface area contributed by atoms with Gasteiger partial charge < -0.3 is 9.51 Å². The van der Waals surface area contributed by atoms with Crippen molar-refractivity contribution in [3.8, 4) is 11.3 Å². The molecule has 1 N–H and O–H groups in total. The monoisotopic (exact) mass is 338 g/mol. The van der Waals surface area contributed by atoms with Crippen molar-refractivity contribution in [1.82, 2.24) is 30.0 Å². The van der Waals surface area contributed by atoms with Gasteiger partial charge in [-0.2, -0.15) is 0 Å². The van der Waals surface area contributed by atoms with Gasteiger partial charge in [0.05, 0.1) is 23.5 Å². The quantitative estimate of drug-likeness (QED) is 0.769. The summed E-state index contributed by atoms with van der Waals surface area (Å²) in [6.45, 7) is 6.92. The molecule has 0 aliphatic carbocycles. The Hall–Kier alpha value is -2.54. The number of imidazole rings is 1. The van der Waals surface area contributed by atoms with E-state index in [9.17, 15) is 0 Å². The Morgan fingerprint density at radius 3 is 2.96 bits per heavy atom. The molecule has 1 atom stereocenters. The van der Waals surface area contributed by atoms with E-state index in [1.807, 2.05) is 20.0 Å². The van der Waals surface area contributed by atoms with E-state index in [0.717, 1.165) is 60.3 Å². The van der Waals surface area contributed by atoms with Crippen molar-refractivity contribution in [2.75, 3.05) is 13.1 Å². The third-order valence-corrected chi connectivity index (χ3v) is 4.81. The van der Waals surface area contributed by atoms with Gasteiger partial charge in [0.2, 0.25) is 0 Å². The first-order chi connectivity index (χ1) is 12.2. The molecule has 0 unspecified atom stereocenters. The molecule has 0 bridgehead atoms. The molecule has 3 aromatic heterocycles. The van der Waals surface area contributed by atoms with Crippen LogP contribution in [0.4, 0.5) is 0 Å². The van der Waals surface area contributed by atoms with Gasteiger partial charge in [0, 0.05) is 24.6 Å². The van der Waals surface area contributed by atoms with Gasteiger partial charge in [-0.1, -0.05) is 5.16 Å². The lowest BCUT2D eigenvalue weighted by Gasteiger charge is -2.14. The molecular formula is C18H22N6O. The van der Waals surface area contributed by atoms with E-state index in [4.69, 9.17) is 4.52 Å². The summed E-state index contributed by atoms with van der Waals surface area (Å²) in [6.07, 6.45) is 7.48. The summed E-state index contributed by atoms with van der Waals surface area (Å²) < 4.78 is 5.26. The number of rotatable bonds is 5. The SMILES string of the molecule is Cc1noc(C)c1-c1cc(C[C@@H]2CCN(Cc3ncc[nH]3)C2)ncn1. The molecule has 4 rings (SSSR count). The van der Waals surface area contributed by atoms with E-state index >= 15 is 0 Å². The van der Waals surface area contributed by atoms with Crippen molar-refractivity contribution in [2.45, 2.75) is 33.2 Å². The normalized spacial score (nSPS) is 18.1. The van der Waals surface area contributed by atoms with Crippen molar-refractivity contribution in [1.29, 1.82) is 0 Å². The van der Waals surface area contributed by atoms with E-state index in [-0.39, 0.29) is 0 Å². The van der Waals surface area contributed by atoms with E-state index < -0.39 is 0 Å². The van der Waals surface area contributed by atoms with Crippen LogP contribution in [0.2, 0.25) is 0 Å². The second kappa shape index (κ2) is 6.76.